The molecule has 0 atom stereocenters. The average Bonchev–Trinajstić information content (AvgIpc) is 0.791. The number of hydrogen-bond donors (Lipinski definition) is 1. The zero-order valence-corrected chi connectivity index (χ0v) is 55.2. The monoisotopic (exact) mass is 1380 g/mol. The zero-order valence-electron chi connectivity index (χ0n) is 51.5. The van der Waals surface area contributed by atoms with Gasteiger partial charge in [-0.05, 0) is 171 Å². The average molecular weight is 1390 g/mol. The van der Waals surface area contributed by atoms with Gasteiger partial charge in [-0.25, -0.2) is 0 Å². The van der Waals surface area contributed by atoms with Crippen molar-refractivity contribution < 1.29 is 0 Å². The van der Waals surface area contributed by atoms with Crippen LogP contribution in [0, 0.1) is 0 Å². The molecule has 0 aliphatic carbocycles. The van der Waals surface area contributed by atoms with Gasteiger partial charge in [0.25, 0.3) is 0 Å². The molecule has 16 aromatic rings. The molecule has 4 heteroatoms. The summed E-state index contributed by atoms with van der Waals surface area (Å²) in [6.45, 7) is 0. The Hall–Kier alpha value is -10.6. The summed E-state index contributed by atoms with van der Waals surface area (Å²) in [6.07, 6.45) is 0. The molecule has 0 bridgehead atoms. The molecule has 0 amide bonds. The number of rotatable bonds is 11. The molecule has 0 saturated carbocycles. The molecule has 0 radical (unpaired) electrons. The smallest absolute Gasteiger partial charge is 0.0540 e. The van der Waals surface area contributed by atoms with Gasteiger partial charge in [0.15, 0.2) is 0 Å². The van der Waals surface area contributed by atoms with Gasteiger partial charge in [-0.3, -0.25) is 0 Å². The predicted octanol–water partition coefficient (Wildman–Crippen LogP) is 27.3. The van der Waals surface area contributed by atoms with Crippen LogP contribution in [-0.2, 0) is 0 Å². The molecule has 0 fully saturated rings. The summed E-state index contributed by atoms with van der Waals surface area (Å²) in [6, 6.07) is 134. The SMILES string of the molecule is Brc1ccccc1-c1ccccc1.C.CI.c1ccc(-c2cc(-c3ccc(Nc4cccc5ccccc45)cc3)cc3ccccc23)cc1.c1ccc(-c2ccccc2N(c2ccc(-c3cc(-c4ccccc4)c4ccccc4c3)cc2)c2cccc3ccccc23)cc1. The lowest BCUT2D eigenvalue weighted by atomic mass is 9.93. The first-order valence-corrected chi connectivity index (χ1v) is 34.2. The van der Waals surface area contributed by atoms with Gasteiger partial charge in [-0.1, -0.05) is 349 Å². The second kappa shape index (κ2) is 30.7. The van der Waals surface area contributed by atoms with Gasteiger partial charge in [0.2, 0.25) is 0 Å². The fourth-order valence-electron chi connectivity index (χ4n) is 12.4. The summed E-state index contributed by atoms with van der Waals surface area (Å²) < 4.78 is 1.14. The number of halogens is 2. The summed E-state index contributed by atoms with van der Waals surface area (Å²) >= 11 is 5.68. The van der Waals surface area contributed by atoms with Crippen LogP contribution in [-0.4, -0.2) is 4.93 Å². The van der Waals surface area contributed by atoms with Crippen LogP contribution in [0.2, 0.25) is 0 Å². The first-order chi connectivity index (χ1) is 46.1. The zero-order chi connectivity index (χ0) is 63.1. The van der Waals surface area contributed by atoms with Crippen LogP contribution in [0.15, 0.2) is 381 Å². The Morgan fingerprint density at radius 2 is 0.617 bits per heavy atom. The van der Waals surface area contributed by atoms with Gasteiger partial charge >= 0.3 is 0 Å². The van der Waals surface area contributed by atoms with E-state index in [9.17, 15) is 0 Å². The summed E-state index contributed by atoms with van der Waals surface area (Å²) in [7, 11) is 0. The standard InChI is InChI=1S/C44H31N.C32H23N.C12H9Br.CH3I.CH4/c1-3-14-33(15-4-1)40-23-11-12-24-43(40)45(44-25-13-20-34-18-7-10-22-41(34)44)38-28-26-32(27-29-38)37-30-36-19-8-9-21-39(36)42(31-37)35-16-5-2-6-17-35;1-2-9-25(10-3-1)31-22-27(21-26-12-5-6-14-29(26)31)23-17-19-28(20-18-23)33-32-16-8-13-24-11-4-7-15-30(24)32;13-12-9-5-4-8-11(12)10-6-2-1-3-7-10;1-2;/h1-31H;1-22,33H;1-9H;1H3;1H4. The highest BCUT2D eigenvalue weighted by atomic mass is 127. The summed E-state index contributed by atoms with van der Waals surface area (Å²) in [4.78, 5) is 4.38. The Labute approximate surface area is 575 Å². The van der Waals surface area contributed by atoms with Crippen molar-refractivity contribution >= 4 is 110 Å². The quantitative estimate of drug-likeness (QED) is 0.103. The number of hydrogen-bond acceptors (Lipinski definition) is 2. The highest BCUT2D eigenvalue weighted by Crippen LogP contribution is 2.45. The topological polar surface area (TPSA) is 15.3 Å². The molecule has 454 valence electrons. The number of para-hydroxylation sites is 1. The van der Waals surface area contributed by atoms with Crippen LogP contribution in [0.4, 0.5) is 28.4 Å². The van der Waals surface area contributed by atoms with E-state index in [0.29, 0.717) is 0 Å². The molecule has 16 aromatic carbocycles. The molecular formula is C90H70BrIN2. The molecular weight excluding hydrogens is 1320 g/mol. The van der Waals surface area contributed by atoms with Crippen molar-refractivity contribution in [3.05, 3.63) is 381 Å². The van der Waals surface area contributed by atoms with Gasteiger partial charge in [0, 0.05) is 37.9 Å². The second-order valence-corrected chi connectivity index (χ2v) is 23.4. The number of nitrogens with one attached hydrogen (secondary N) is 1. The summed E-state index contributed by atoms with van der Waals surface area (Å²) in [5.41, 5.74) is 20.3. The second-order valence-electron chi connectivity index (χ2n) is 22.6. The van der Waals surface area contributed by atoms with Crippen LogP contribution < -0.4 is 10.2 Å². The van der Waals surface area contributed by atoms with Crippen molar-refractivity contribution in [2.45, 2.75) is 7.43 Å². The third-order valence-corrected chi connectivity index (χ3v) is 17.5. The Morgan fingerprint density at radius 3 is 1.14 bits per heavy atom. The fraction of sp³-hybridized carbons (Fsp3) is 0.0222. The molecule has 0 aliphatic rings. The highest BCUT2D eigenvalue weighted by molar-refractivity contribution is 14.1. The van der Waals surface area contributed by atoms with Crippen LogP contribution >= 0.6 is 38.5 Å². The lowest BCUT2D eigenvalue weighted by molar-refractivity contribution is 1.30. The number of nitrogens with zero attached hydrogens (tertiary/aromatic N) is 1. The maximum absolute atomic E-state index is 3.59. The molecule has 0 aliphatic heterocycles. The van der Waals surface area contributed by atoms with Crippen LogP contribution in [0.3, 0.4) is 0 Å². The van der Waals surface area contributed by atoms with Gasteiger partial charge in [-0.15, -0.1) is 0 Å². The van der Waals surface area contributed by atoms with E-state index in [4.69, 9.17) is 0 Å². The minimum Gasteiger partial charge on any atom is -0.355 e. The lowest BCUT2D eigenvalue weighted by Gasteiger charge is -2.29. The molecule has 16 rings (SSSR count). The molecule has 0 unspecified atom stereocenters. The van der Waals surface area contributed by atoms with Crippen molar-refractivity contribution in [3.63, 3.8) is 0 Å². The minimum absolute atomic E-state index is 0. The van der Waals surface area contributed by atoms with Gasteiger partial charge < -0.3 is 10.2 Å². The number of fused-ring (bicyclic) bond motifs is 4. The predicted molar refractivity (Wildman–Crippen MR) is 421 cm³/mol. The van der Waals surface area contributed by atoms with E-state index in [0.717, 1.165) is 32.9 Å². The maximum atomic E-state index is 3.59. The molecule has 0 aromatic heterocycles. The van der Waals surface area contributed by atoms with Crippen molar-refractivity contribution in [2.24, 2.45) is 0 Å². The Morgan fingerprint density at radius 1 is 0.255 bits per heavy atom. The van der Waals surface area contributed by atoms with E-state index in [-0.39, 0.29) is 7.43 Å². The lowest BCUT2D eigenvalue weighted by Crippen LogP contribution is -2.11. The molecule has 94 heavy (non-hydrogen) atoms. The maximum Gasteiger partial charge on any atom is 0.0540 e. The molecule has 1 N–H and O–H groups in total. The van der Waals surface area contributed by atoms with E-state index in [1.807, 2.05) is 23.1 Å². The number of benzene rings is 16. The van der Waals surface area contributed by atoms with E-state index in [2.05, 4.69) is 407 Å². The van der Waals surface area contributed by atoms with E-state index < -0.39 is 0 Å². The van der Waals surface area contributed by atoms with E-state index in [1.165, 1.54) is 110 Å². The highest BCUT2D eigenvalue weighted by Gasteiger charge is 2.20. The Balaban J connectivity index is 0.000000151. The molecule has 0 saturated heterocycles. The summed E-state index contributed by atoms with van der Waals surface area (Å²) in [5.74, 6) is 0. The summed E-state index contributed by atoms with van der Waals surface area (Å²) in [5, 5.41) is 13.5. The Bertz CT molecular complexity index is 5120. The Kier molecular flexibility index (Phi) is 20.7. The van der Waals surface area contributed by atoms with Crippen molar-refractivity contribution in [1.82, 2.24) is 0 Å². The van der Waals surface area contributed by atoms with Crippen LogP contribution in [0.25, 0.3) is 110 Å². The number of anilines is 5. The van der Waals surface area contributed by atoms with E-state index >= 15 is 0 Å². The van der Waals surface area contributed by atoms with Gasteiger partial charge in [0.1, 0.15) is 0 Å². The number of alkyl halides is 1. The molecule has 2 nitrogen and oxygen atoms in total. The minimum atomic E-state index is 0. The van der Waals surface area contributed by atoms with Crippen molar-refractivity contribution in [2.75, 3.05) is 15.1 Å². The van der Waals surface area contributed by atoms with Crippen molar-refractivity contribution in [3.8, 4) is 66.8 Å². The first kappa shape index (κ1) is 63.5. The normalized spacial score (nSPS) is 10.6. The van der Waals surface area contributed by atoms with Crippen molar-refractivity contribution in [1.29, 1.82) is 0 Å². The largest absolute Gasteiger partial charge is 0.355 e. The third kappa shape index (κ3) is 14.4. The molecule has 0 spiro atoms. The van der Waals surface area contributed by atoms with E-state index in [1.54, 1.807) is 0 Å². The van der Waals surface area contributed by atoms with Gasteiger partial charge in [0.05, 0.1) is 11.4 Å². The third-order valence-electron chi connectivity index (χ3n) is 16.8. The first-order valence-electron chi connectivity index (χ1n) is 31.3. The van der Waals surface area contributed by atoms with Gasteiger partial charge in [-0.2, -0.15) is 0 Å². The fourth-order valence-corrected chi connectivity index (χ4v) is 12.9. The van der Waals surface area contributed by atoms with Crippen LogP contribution in [0.5, 0.6) is 0 Å². The molecule has 0 heterocycles. The van der Waals surface area contributed by atoms with Crippen LogP contribution in [0.1, 0.15) is 7.43 Å².